The van der Waals surface area contributed by atoms with Crippen LogP contribution in [-0.2, 0) is 4.74 Å². The molecular weight excluding hydrogens is 425 g/mol. The number of ketones is 1. The molecule has 2 aromatic carbocycles. The van der Waals surface area contributed by atoms with Gasteiger partial charge in [-0.25, -0.2) is 9.18 Å². The van der Waals surface area contributed by atoms with Gasteiger partial charge in [0.25, 0.3) is 0 Å². The van der Waals surface area contributed by atoms with Gasteiger partial charge in [-0.1, -0.05) is 24.6 Å². The largest absolute Gasteiger partial charge is 0.449 e. The summed E-state index contributed by atoms with van der Waals surface area (Å²) in [5, 5.41) is 1.05. The molecule has 3 aromatic rings. The second kappa shape index (κ2) is 7.60. The van der Waals surface area contributed by atoms with Gasteiger partial charge in [0.05, 0.1) is 9.99 Å². The minimum absolute atomic E-state index is 0.0827. The maximum absolute atomic E-state index is 14.1. The topological polar surface area (TPSA) is 59.2 Å². The number of hydrogen-bond donors (Lipinski definition) is 1. The lowest BCUT2D eigenvalue weighted by Gasteiger charge is -2.14. The van der Waals surface area contributed by atoms with Gasteiger partial charge in [0.2, 0.25) is 5.78 Å². The lowest BCUT2D eigenvalue weighted by Crippen LogP contribution is -2.27. The molecule has 7 heteroatoms. The van der Waals surface area contributed by atoms with Gasteiger partial charge in [-0.3, -0.25) is 4.79 Å². The predicted octanol–water partition coefficient (Wildman–Crippen LogP) is 5.54. The summed E-state index contributed by atoms with van der Waals surface area (Å²) in [5.74, 6) is -1.53. The third-order valence-electron chi connectivity index (χ3n) is 3.95. The van der Waals surface area contributed by atoms with Crippen LogP contribution in [0.5, 0.6) is 0 Å². The van der Waals surface area contributed by atoms with Crippen LogP contribution in [0.15, 0.2) is 46.9 Å². The standard InChI is InChI=1S/C19H14BrClFNO3/c1-2-15(18(24)10-3-6-12(21)7-4-10)26-19(25)14-9-11-5-8-13(20)16(22)17(11)23-14/h3-9,15,23H,2H2,1H3. The van der Waals surface area contributed by atoms with Gasteiger partial charge < -0.3 is 9.72 Å². The Balaban J connectivity index is 1.82. The number of Topliss-reactive ketones (excluding diaryl/α,β-unsaturated/α-hetero) is 1. The first-order chi connectivity index (χ1) is 12.4. The van der Waals surface area contributed by atoms with Gasteiger partial charge in [0, 0.05) is 16.0 Å². The van der Waals surface area contributed by atoms with E-state index in [4.69, 9.17) is 16.3 Å². The minimum atomic E-state index is -0.938. The Labute approximate surface area is 162 Å². The molecule has 0 aliphatic heterocycles. The molecule has 0 amide bonds. The summed E-state index contributed by atoms with van der Waals surface area (Å²) in [6.45, 7) is 1.74. The van der Waals surface area contributed by atoms with Gasteiger partial charge in [-0.2, -0.15) is 0 Å². The molecule has 0 radical (unpaired) electrons. The fraction of sp³-hybridized carbons (Fsp3) is 0.158. The summed E-state index contributed by atoms with van der Waals surface area (Å²) in [6.07, 6.45) is -0.625. The molecule has 1 atom stereocenters. The van der Waals surface area contributed by atoms with E-state index in [2.05, 4.69) is 20.9 Å². The van der Waals surface area contributed by atoms with Crippen molar-refractivity contribution in [2.75, 3.05) is 0 Å². The van der Waals surface area contributed by atoms with Crippen molar-refractivity contribution in [1.82, 2.24) is 4.98 Å². The number of rotatable bonds is 5. The summed E-state index contributed by atoms with van der Waals surface area (Å²) in [7, 11) is 0. The average molecular weight is 439 g/mol. The zero-order valence-corrected chi connectivity index (χ0v) is 16.0. The molecule has 0 fully saturated rings. The van der Waals surface area contributed by atoms with E-state index in [1.807, 2.05) is 0 Å². The number of nitrogens with one attached hydrogen (secondary N) is 1. The molecule has 4 nitrogen and oxygen atoms in total. The van der Waals surface area contributed by atoms with E-state index in [1.165, 1.54) is 6.07 Å². The predicted molar refractivity (Wildman–Crippen MR) is 101 cm³/mol. The Morgan fingerprint density at radius 2 is 1.92 bits per heavy atom. The van der Waals surface area contributed by atoms with Gasteiger partial charge >= 0.3 is 5.97 Å². The SMILES string of the molecule is CCC(OC(=O)c1cc2ccc(Br)c(F)c2[nH]1)C(=O)c1ccc(Cl)cc1. The molecule has 1 N–H and O–H groups in total. The van der Waals surface area contributed by atoms with Crippen LogP contribution in [0.1, 0.15) is 34.2 Å². The highest BCUT2D eigenvalue weighted by Gasteiger charge is 2.24. The van der Waals surface area contributed by atoms with Crippen molar-refractivity contribution in [3.63, 3.8) is 0 Å². The molecule has 0 bridgehead atoms. The lowest BCUT2D eigenvalue weighted by atomic mass is 10.0. The maximum atomic E-state index is 14.1. The van der Waals surface area contributed by atoms with Crippen molar-refractivity contribution in [1.29, 1.82) is 0 Å². The normalized spacial score (nSPS) is 12.2. The number of aromatic amines is 1. The van der Waals surface area contributed by atoms with Crippen molar-refractivity contribution in [2.45, 2.75) is 19.4 Å². The van der Waals surface area contributed by atoms with Crippen LogP contribution in [0.3, 0.4) is 0 Å². The van der Waals surface area contributed by atoms with E-state index < -0.39 is 17.9 Å². The van der Waals surface area contributed by atoms with Gasteiger partial charge in [-0.15, -0.1) is 0 Å². The van der Waals surface area contributed by atoms with Crippen molar-refractivity contribution >= 4 is 50.2 Å². The van der Waals surface area contributed by atoms with Crippen LogP contribution in [0, 0.1) is 5.82 Å². The summed E-state index contributed by atoms with van der Waals surface area (Å²) < 4.78 is 19.7. The Morgan fingerprint density at radius 1 is 1.23 bits per heavy atom. The molecule has 0 aliphatic carbocycles. The zero-order chi connectivity index (χ0) is 18.8. The highest BCUT2D eigenvalue weighted by Crippen LogP contribution is 2.25. The van der Waals surface area contributed by atoms with Crippen LogP contribution in [0.4, 0.5) is 4.39 Å². The molecule has 3 rings (SSSR count). The second-order valence-corrected chi connectivity index (χ2v) is 6.97. The number of aromatic nitrogens is 1. The van der Waals surface area contributed by atoms with Crippen molar-refractivity contribution < 1.29 is 18.7 Å². The summed E-state index contributed by atoms with van der Waals surface area (Å²) in [6, 6.07) is 11.1. The molecule has 1 heterocycles. The number of carbonyl (C=O) groups excluding carboxylic acids is 2. The quantitative estimate of drug-likeness (QED) is 0.420. The number of hydrogen-bond acceptors (Lipinski definition) is 3. The lowest BCUT2D eigenvalue weighted by molar-refractivity contribution is 0.0272. The van der Waals surface area contributed by atoms with E-state index >= 15 is 0 Å². The number of carbonyl (C=O) groups is 2. The Hall–Kier alpha value is -2.18. The van der Waals surface area contributed by atoms with Gasteiger partial charge in [0.1, 0.15) is 5.69 Å². The van der Waals surface area contributed by atoms with Crippen molar-refractivity contribution in [2.24, 2.45) is 0 Å². The fourth-order valence-electron chi connectivity index (χ4n) is 2.56. The molecule has 0 spiro atoms. The van der Waals surface area contributed by atoms with E-state index in [0.29, 0.717) is 22.4 Å². The van der Waals surface area contributed by atoms with Crippen LogP contribution < -0.4 is 0 Å². The highest BCUT2D eigenvalue weighted by atomic mass is 79.9. The smallest absolute Gasteiger partial charge is 0.355 e. The minimum Gasteiger partial charge on any atom is -0.449 e. The second-order valence-electron chi connectivity index (χ2n) is 5.68. The Bertz CT molecular complexity index is 984. The van der Waals surface area contributed by atoms with Gasteiger partial charge in [0.15, 0.2) is 11.9 Å². The van der Waals surface area contributed by atoms with Crippen LogP contribution in [0.2, 0.25) is 5.02 Å². The maximum Gasteiger partial charge on any atom is 0.355 e. The number of esters is 1. The Morgan fingerprint density at radius 3 is 2.58 bits per heavy atom. The zero-order valence-electron chi connectivity index (χ0n) is 13.7. The van der Waals surface area contributed by atoms with Gasteiger partial charge in [-0.05, 0) is 58.7 Å². The first kappa shape index (κ1) is 18.6. The number of halogens is 3. The number of benzene rings is 2. The van der Waals surface area contributed by atoms with Crippen LogP contribution in [0.25, 0.3) is 10.9 Å². The highest BCUT2D eigenvalue weighted by molar-refractivity contribution is 9.10. The van der Waals surface area contributed by atoms with Crippen molar-refractivity contribution in [3.8, 4) is 0 Å². The summed E-state index contributed by atoms with van der Waals surface area (Å²) in [4.78, 5) is 27.6. The molecule has 0 saturated heterocycles. The van der Waals surface area contributed by atoms with Crippen LogP contribution in [-0.4, -0.2) is 22.8 Å². The van der Waals surface area contributed by atoms with E-state index in [-0.39, 0.29) is 21.5 Å². The van der Waals surface area contributed by atoms with E-state index in [9.17, 15) is 14.0 Å². The van der Waals surface area contributed by atoms with E-state index in [1.54, 1.807) is 43.3 Å². The molecule has 0 aliphatic rings. The fourth-order valence-corrected chi connectivity index (χ4v) is 3.02. The molecule has 0 saturated carbocycles. The molecular formula is C19H14BrClFNO3. The molecule has 1 aromatic heterocycles. The van der Waals surface area contributed by atoms with Crippen molar-refractivity contribution in [3.05, 3.63) is 69.0 Å². The molecule has 1 unspecified atom stereocenters. The summed E-state index contributed by atoms with van der Waals surface area (Å²) >= 11 is 8.92. The first-order valence-electron chi connectivity index (χ1n) is 7.88. The first-order valence-corrected chi connectivity index (χ1v) is 9.05. The number of fused-ring (bicyclic) bond motifs is 1. The summed E-state index contributed by atoms with van der Waals surface area (Å²) in [5.41, 5.74) is 0.684. The third-order valence-corrected chi connectivity index (χ3v) is 4.81. The number of ether oxygens (including phenoxy) is 1. The monoisotopic (exact) mass is 437 g/mol. The number of H-pyrrole nitrogens is 1. The molecule has 26 heavy (non-hydrogen) atoms. The van der Waals surface area contributed by atoms with Crippen LogP contribution >= 0.6 is 27.5 Å². The Kier molecular flexibility index (Phi) is 5.44. The third kappa shape index (κ3) is 3.66. The van der Waals surface area contributed by atoms with E-state index in [0.717, 1.165) is 0 Å². The molecule has 134 valence electrons. The average Bonchev–Trinajstić information content (AvgIpc) is 3.08.